The molecule has 5 heterocycles. The minimum atomic E-state index is -0.548. The highest BCUT2D eigenvalue weighted by atomic mass is 16.2. The summed E-state index contributed by atoms with van der Waals surface area (Å²) in [5.74, 6) is 0.765. The highest BCUT2D eigenvalue weighted by Crippen LogP contribution is 2.42. The fourth-order valence-corrected chi connectivity index (χ4v) is 6.57. The van der Waals surface area contributed by atoms with E-state index in [1.54, 1.807) is 30.3 Å². The van der Waals surface area contributed by atoms with E-state index in [0.29, 0.717) is 68.3 Å². The van der Waals surface area contributed by atoms with Crippen LogP contribution in [0.3, 0.4) is 0 Å². The summed E-state index contributed by atoms with van der Waals surface area (Å²) in [7, 11) is 1.74. The second-order valence-corrected chi connectivity index (χ2v) is 12.4. The summed E-state index contributed by atoms with van der Waals surface area (Å²) in [5.41, 5.74) is 11.0. The molecule has 2 saturated heterocycles. The molecule has 2 fully saturated rings. The lowest BCUT2D eigenvalue weighted by Gasteiger charge is -2.29. The maximum Gasteiger partial charge on any atom is 0.237 e. The van der Waals surface area contributed by atoms with Crippen LogP contribution >= 0.6 is 0 Å². The first-order valence-corrected chi connectivity index (χ1v) is 15.9. The zero-order valence-electron chi connectivity index (χ0n) is 26.8. The van der Waals surface area contributed by atoms with Crippen LogP contribution in [0.25, 0.3) is 5.57 Å². The van der Waals surface area contributed by atoms with Crippen LogP contribution in [-0.2, 0) is 9.59 Å². The Kier molecular flexibility index (Phi) is 8.95. The zero-order chi connectivity index (χ0) is 33.1. The lowest BCUT2D eigenvalue weighted by molar-refractivity contribution is -0.132. The lowest BCUT2D eigenvalue weighted by atomic mass is 9.85. The van der Waals surface area contributed by atoms with Crippen molar-refractivity contribution in [2.24, 2.45) is 10.4 Å². The first kappa shape index (κ1) is 31.7. The number of nitrogens with one attached hydrogen (secondary N) is 3. The maximum absolute atomic E-state index is 13.9. The molecule has 0 saturated carbocycles. The summed E-state index contributed by atoms with van der Waals surface area (Å²) in [6.07, 6.45) is 7.36. The second-order valence-electron chi connectivity index (χ2n) is 12.4. The largest absolute Gasteiger partial charge is 0.397 e. The number of nitrogens with zero attached hydrogens (tertiary/aromatic N) is 6. The van der Waals surface area contributed by atoms with Crippen molar-refractivity contribution in [1.29, 1.82) is 10.8 Å². The van der Waals surface area contributed by atoms with Crippen LogP contribution in [-0.4, -0.2) is 95.8 Å². The van der Waals surface area contributed by atoms with Crippen molar-refractivity contribution in [2.45, 2.75) is 26.2 Å². The predicted molar refractivity (Wildman–Crippen MR) is 184 cm³/mol. The minimum Gasteiger partial charge on any atom is -0.397 e. The van der Waals surface area contributed by atoms with Crippen molar-refractivity contribution in [3.05, 3.63) is 88.9 Å². The summed E-state index contributed by atoms with van der Waals surface area (Å²) in [4.78, 5) is 45.9. The summed E-state index contributed by atoms with van der Waals surface area (Å²) in [5, 5.41) is 19.5. The Hall–Kier alpha value is -5.23. The Morgan fingerprint density at radius 2 is 1.83 bits per heavy atom. The van der Waals surface area contributed by atoms with E-state index in [4.69, 9.17) is 16.6 Å². The first-order chi connectivity index (χ1) is 22.7. The van der Waals surface area contributed by atoms with E-state index in [9.17, 15) is 9.59 Å². The number of benzene rings is 1. The van der Waals surface area contributed by atoms with Crippen LogP contribution in [0.2, 0.25) is 0 Å². The molecule has 12 nitrogen and oxygen atoms in total. The van der Waals surface area contributed by atoms with Gasteiger partial charge in [-0.05, 0) is 68.1 Å². The Bertz CT molecular complexity index is 1770. The van der Waals surface area contributed by atoms with Crippen LogP contribution < -0.4 is 16.0 Å². The van der Waals surface area contributed by atoms with Crippen LogP contribution in [0.15, 0.2) is 65.8 Å². The van der Waals surface area contributed by atoms with Gasteiger partial charge in [-0.3, -0.25) is 35.2 Å². The number of hydrogen-bond acceptors (Lipinski definition) is 8. The molecule has 0 aliphatic carbocycles. The monoisotopic (exact) mass is 632 g/mol. The molecule has 3 aliphatic heterocycles. The molecule has 0 radical (unpaired) electrons. The number of aryl methyl sites for hydroxylation is 1. The number of rotatable bonds is 8. The molecule has 2 aromatic heterocycles. The minimum absolute atomic E-state index is 0.0136. The smallest absolute Gasteiger partial charge is 0.237 e. The number of aliphatic imine (C=N–C) groups is 1. The number of likely N-dealkylation sites (tertiary alicyclic amines) is 1. The molecule has 1 spiro atoms. The molecule has 47 heavy (non-hydrogen) atoms. The van der Waals surface area contributed by atoms with Gasteiger partial charge in [0.1, 0.15) is 11.5 Å². The topological polar surface area (TPSA) is 168 Å². The van der Waals surface area contributed by atoms with Crippen molar-refractivity contribution in [3.8, 4) is 0 Å². The Labute approximate surface area is 274 Å². The van der Waals surface area contributed by atoms with Gasteiger partial charge in [0.25, 0.3) is 0 Å². The van der Waals surface area contributed by atoms with Gasteiger partial charge in [0, 0.05) is 56.2 Å². The fraction of sp³-hybridized carbons (Fsp3) is 0.343. The van der Waals surface area contributed by atoms with Crippen LogP contribution in [0, 0.1) is 23.2 Å². The Morgan fingerprint density at radius 1 is 1.06 bits per heavy atom. The number of aromatic nitrogens is 2. The van der Waals surface area contributed by atoms with Crippen molar-refractivity contribution >= 4 is 46.8 Å². The third kappa shape index (κ3) is 6.54. The molecule has 1 aromatic carbocycles. The maximum atomic E-state index is 13.9. The molecular weight excluding hydrogens is 592 g/mol. The number of nitrogen functional groups attached to an aromatic ring is 1. The summed E-state index contributed by atoms with van der Waals surface area (Å²) < 4.78 is 0. The van der Waals surface area contributed by atoms with Gasteiger partial charge in [0.15, 0.2) is 5.84 Å². The number of pyridine rings is 2. The van der Waals surface area contributed by atoms with Gasteiger partial charge in [0.2, 0.25) is 11.8 Å². The molecule has 3 aliphatic rings. The molecule has 3 aromatic rings. The average molecular weight is 633 g/mol. The van der Waals surface area contributed by atoms with E-state index in [1.165, 1.54) is 11.9 Å². The second kappa shape index (κ2) is 13.2. The van der Waals surface area contributed by atoms with Gasteiger partial charge >= 0.3 is 0 Å². The number of carbonyl (C=O) groups excluding carboxylic acids is 2. The van der Waals surface area contributed by atoms with E-state index >= 15 is 0 Å². The molecule has 5 N–H and O–H groups in total. The lowest BCUT2D eigenvalue weighted by Crippen LogP contribution is -2.43. The standard InChI is InChI=1S/C35H40N10O2/c1-23-3-4-27(19-40-23)31(37)32-28(36)9-10-29(42-32)45-18-14-35(34(45)47)13-17-43(21-35)20-30(46)44-15-11-25(12-16-44)24-5-7-26(8-6-24)33(38)41-22-39-2/h3-11,19,22,37H,12-18,20-21,36H2,1-2H3,(H2,38,39,41)/t35-/m0/s1. The zero-order valence-corrected chi connectivity index (χ0v) is 26.8. The summed E-state index contributed by atoms with van der Waals surface area (Å²) in [6.45, 7) is 5.11. The third-order valence-electron chi connectivity index (χ3n) is 9.34. The molecule has 1 atom stereocenters. The van der Waals surface area contributed by atoms with E-state index in [-0.39, 0.29) is 29.9 Å². The molecular formula is C35H40N10O2. The number of nitrogens with two attached hydrogens (primary N) is 1. The molecule has 0 bridgehead atoms. The van der Waals surface area contributed by atoms with Gasteiger partial charge in [-0.25, -0.2) is 9.98 Å². The number of carbonyl (C=O) groups is 2. The van der Waals surface area contributed by atoms with Crippen molar-refractivity contribution in [1.82, 2.24) is 25.1 Å². The highest BCUT2D eigenvalue weighted by molar-refractivity contribution is 6.12. The number of anilines is 2. The van der Waals surface area contributed by atoms with Gasteiger partial charge < -0.3 is 16.0 Å². The Morgan fingerprint density at radius 3 is 2.53 bits per heavy atom. The quantitative estimate of drug-likeness (QED) is 0.219. The molecule has 12 heteroatoms. The molecule has 242 valence electrons. The van der Waals surface area contributed by atoms with Gasteiger partial charge in [-0.15, -0.1) is 0 Å². The van der Waals surface area contributed by atoms with E-state index in [2.05, 4.69) is 31.3 Å². The predicted octanol–water partition coefficient (Wildman–Crippen LogP) is 3.10. The van der Waals surface area contributed by atoms with Gasteiger partial charge in [-0.2, -0.15) is 0 Å². The van der Waals surface area contributed by atoms with Gasteiger partial charge in [-0.1, -0.05) is 30.3 Å². The number of hydrogen-bond donors (Lipinski definition) is 4. The Balaban J connectivity index is 1.05. The summed E-state index contributed by atoms with van der Waals surface area (Å²) >= 11 is 0. The van der Waals surface area contributed by atoms with Gasteiger partial charge in [0.05, 0.1) is 29.7 Å². The molecule has 6 rings (SSSR count). The molecule has 0 unspecified atom stereocenters. The van der Waals surface area contributed by atoms with E-state index in [0.717, 1.165) is 23.2 Å². The normalized spacial score (nSPS) is 19.9. The van der Waals surface area contributed by atoms with Crippen LogP contribution in [0.4, 0.5) is 11.5 Å². The number of amidine groups is 1. The average Bonchev–Trinajstić information content (AvgIpc) is 3.65. The van der Waals surface area contributed by atoms with E-state index in [1.807, 2.05) is 48.2 Å². The fourth-order valence-electron chi connectivity index (χ4n) is 6.57. The van der Waals surface area contributed by atoms with Crippen molar-refractivity contribution in [2.75, 3.05) is 56.9 Å². The third-order valence-corrected chi connectivity index (χ3v) is 9.34. The highest BCUT2D eigenvalue weighted by Gasteiger charge is 2.51. The molecule has 2 amide bonds. The van der Waals surface area contributed by atoms with E-state index < -0.39 is 5.41 Å². The van der Waals surface area contributed by atoms with Crippen molar-refractivity contribution in [3.63, 3.8) is 0 Å². The summed E-state index contributed by atoms with van der Waals surface area (Å²) in [6, 6.07) is 14.9. The number of amides is 2. The van der Waals surface area contributed by atoms with Crippen LogP contribution in [0.1, 0.15) is 47.3 Å². The first-order valence-electron chi connectivity index (χ1n) is 15.9. The van der Waals surface area contributed by atoms with Crippen LogP contribution in [0.5, 0.6) is 0 Å². The SMILES string of the molecule is CN/C=N\C(=N)c1ccc(C2=CCN(C(=O)CN3CC[C@]4(CCN(c5ccc(N)c(C(=N)c6ccc(C)nc6)n5)C4=O)C3)CC2)cc1. The van der Waals surface area contributed by atoms with Crippen molar-refractivity contribution < 1.29 is 9.59 Å².